The number of hydrogen-bond acceptors (Lipinski definition) is 5. The summed E-state index contributed by atoms with van der Waals surface area (Å²) in [6.45, 7) is 1.39. The van der Waals surface area contributed by atoms with Crippen LogP contribution in [0, 0.1) is 0 Å². The highest BCUT2D eigenvalue weighted by Crippen LogP contribution is 2.34. The Bertz CT molecular complexity index is 829. The zero-order valence-corrected chi connectivity index (χ0v) is 14.4. The molecular formula is C19H18N2O3S. The Kier molecular flexibility index (Phi) is 4.61. The smallest absolute Gasteiger partial charge is 0.276 e. The third-order valence-electron chi connectivity index (χ3n) is 4.28. The summed E-state index contributed by atoms with van der Waals surface area (Å²) in [5.41, 5.74) is 1.28. The monoisotopic (exact) mass is 354 g/mol. The van der Waals surface area contributed by atoms with E-state index in [-0.39, 0.29) is 5.91 Å². The molecule has 6 heteroatoms. The van der Waals surface area contributed by atoms with Crippen molar-refractivity contribution in [2.45, 2.75) is 11.7 Å². The summed E-state index contributed by atoms with van der Waals surface area (Å²) in [5.74, 6) is 2.39. The van der Waals surface area contributed by atoms with Gasteiger partial charge in [0, 0.05) is 30.5 Å². The van der Waals surface area contributed by atoms with Crippen molar-refractivity contribution < 1.29 is 13.7 Å². The zero-order chi connectivity index (χ0) is 17.1. The first-order valence-corrected chi connectivity index (χ1v) is 9.32. The maximum atomic E-state index is 12.8. The van der Waals surface area contributed by atoms with Gasteiger partial charge in [0.1, 0.15) is 5.76 Å². The minimum atomic E-state index is -0.0772. The lowest BCUT2D eigenvalue weighted by atomic mass is 10.1. The molecule has 1 aromatic carbocycles. The summed E-state index contributed by atoms with van der Waals surface area (Å²) < 4.78 is 10.9. The van der Waals surface area contributed by atoms with Gasteiger partial charge in [-0.1, -0.05) is 35.5 Å². The lowest BCUT2D eigenvalue weighted by molar-refractivity contribution is 0.0755. The molecule has 2 aromatic heterocycles. The molecule has 0 bridgehead atoms. The number of amides is 1. The van der Waals surface area contributed by atoms with Crippen LogP contribution in [-0.4, -0.2) is 34.8 Å². The summed E-state index contributed by atoms with van der Waals surface area (Å²) in [4.78, 5) is 14.6. The maximum Gasteiger partial charge on any atom is 0.276 e. The third-order valence-corrected chi connectivity index (χ3v) is 5.57. The minimum absolute atomic E-state index is 0.0772. The number of benzene rings is 1. The van der Waals surface area contributed by atoms with Crippen LogP contribution >= 0.6 is 11.8 Å². The first kappa shape index (κ1) is 16.0. The van der Waals surface area contributed by atoms with Gasteiger partial charge in [-0.25, -0.2) is 0 Å². The van der Waals surface area contributed by atoms with Gasteiger partial charge >= 0.3 is 0 Å². The number of furan rings is 1. The first-order valence-electron chi connectivity index (χ1n) is 8.27. The summed E-state index contributed by atoms with van der Waals surface area (Å²) in [7, 11) is 0. The molecule has 0 aliphatic carbocycles. The molecule has 5 nitrogen and oxygen atoms in total. The van der Waals surface area contributed by atoms with Gasteiger partial charge in [-0.3, -0.25) is 4.79 Å². The van der Waals surface area contributed by atoms with Crippen LogP contribution in [0.4, 0.5) is 0 Å². The molecular weight excluding hydrogens is 336 g/mol. The topological polar surface area (TPSA) is 59.5 Å². The minimum Gasteiger partial charge on any atom is -0.468 e. The molecule has 1 aliphatic rings. The van der Waals surface area contributed by atoms with Gasteiger partial charge in [0.25, 0.3) is 5.91 Å². The number of thioether (sulfide) groups is 1. The van der Waals surface area contributed by atoms with Crippen molar-refractivity contribution in [2.24, 2.45) is 0 Å². The van der Waals surface area contributed by atoms with E-state index in [1.54, 1.807) is 12.3 Å². The van der Waals surface area contributed by atoms with Crippen LogP contribution in [0.25, 0.3) is 11.3 Å². The summed E-state index contributed by atoms with van der Waals surface area (Å²) in [6.07, 6.45) is 2.57. The second-order valence-corrected chi connectivity index (χ2v) is 7.21. The number of carbonyl (C=O) groups is 1. The van der Waals surface area contributed by atoms with Crippen molar-refractivity contribution in [3.63, 3.8) is 0 Å². The molecule has 1 amide bonds. The largest absolute Gasteiger partial charge is 0.468 e. The van der Waals surface area contributed by atoms with Crippen LogP contribution in [0.2, 0.25) is 0 Å². The van der Waals surface area contributed by atoms with E-state index in [0.717, 1.165) is 23.5 Å². The number of rotatable bonds is 3. The van der Waals surface area contributed by atoms with Gasteiger partial charge in [-0.2, -0.15) is 0 Å². The van der Waals surface area contributed by atoms with E-state index < -0.39 is 0 Å². The fraction of sp³-hybridized carbons (Fsp3) is 0.263. The van der Waals surface area contributed by atoms with Gasteiger partial charge in [0.15, 0.2) is 11.5 Å². The summed E-state index contributed by atoms with van der Waals surface area (Å²) in [5, 5.41) is 4.27. The van der Waals surface area contributed by atoms with Crippen LogP contribution in [0.15, 0.2) is 63.7 Å². The summed E-state index contributed by atoms with van der Waals surface area (Å²) >= 11 is 1.83. The Labute approximate surface area is 150 Å². The van der Waals surface area contributed by atoms with Crippen molar-refractivity contribution in [3.8, 4) is 11.3 Å². The van der Waals surface area contributed by atoms with Crippen LogP contribution in [-0.2, 0) is 0 Å². The van der Waals surface area contributed by atoms with Crippen LogP contribution in [0.5, 0.6) is 0 Å². The van der Waals surface area contributed by atoms with E-state index in [0.29, 0.717) is 29.8 Å². The molecule has 1 fully saturated rings. The van der Waals surface area contributed by atoms with Crippen LogP contribution in [0.1, 0.15) is 27.9 Å². The highest BCUT2D eigenvalue weighted by Gasteiger charge is 2.26. The lowest BCUT2D eigenvalue weighted by Gasteiger charge is -2.18. The van der Waals surface area contributed by atoms with E-state index in [1.807, 2.05) is 59.1 Å². The molecule has 128 valence electrons. The fourth-order valence-corrected chi connectivity index (χ4v) is 4.13. The number of hydrogen-bond donors (Lipinski definition) is 0. The molecule has 25 heavy (non-hydrogen) atoms. The lowest BCUT2D eigenvalue weighted by Crippen LogP contribution is -2.33. The Morgan fingerprint density at radius 1 is 1.16 bits per heavy atom. The van der Waals surface area contributed by atoms with E-state index in [2.05, 4.69) is 5.16 Å². The van der Waals surface area contributed by atoms with Gasteiger partial charge in [0.05, 0.1) is 11.5 Å². The Hall–Kier alpha value is -2.47. The van der Waals surface area contributed by atoms with Gasteiger partial charge in [0.2, 0.25) is 0 Å². The van der Waals surface area contributed by atoms with Gasteiger partial charge in [-0.15, -0.1) is 11.8 Å². The second-order valence-electron chi connectivity index (χ2n) is 5.90. The van der Waals surface area contributed by atoms with Crippen molar-refractivity contribution in [2.75, 3.05) is 18.8 Å². The van der Waals surface area contributed by atoms with E-state index in [4.69, 9.17) is 8.94 Å². The van der Waals surface area contributed by atoms with Crippen molar-refractivity contribution in [1.82, 2.24) is 10.1 Å². The highest BCUT2D eigenvalue weighted by molar-refractivity contribution is 7.99. The maximum absolute atomic E-state index is 12.8. The van der Waals surface area contributed by atoms with Crippen molar-refractivity contribution >= 4 is 17.7 Å². The molecule has 3 heterocycles. The Morgan fingerprint density at radius 3 is 2.84 bits per heavy atom. The molecule has 1 atom stereocenters. The zero-order valence-electron chi connectivity index (χ0n) is 13.6. The standard InChI is InChI=1S/C19H18N2O3S/c22-19(15-13-17(24-20-15)14-5-2-1-3-6-14)21-9-8-18(25-12-10-21)16-7-4-11-23-16/h1-7,11,13,18H,8-10,12H2. The molecule has 0 radical (unpaired) electrons. The average Bonchev–Trinajstić information content (AvgIpc) is 3.30. The van der Waals surface area contributed by atoms with E-state index in [9.17, 15) is 4.79 Å². The molecule has 1 unspecified atom stereocenters. The van der Waals surface area contributed by atoms with Crippen molar-refractivity contribution in [1.29, 1.82) is 0 Å². The predicted octanol–water partition coefficient (Wildman–Crippen LogP) is 4.26. The molecule has 4 rings (SSSR count). The van der Waals surface area contributed by atoms with Crippen molar-refractivity contribution in [3.05, 3.63) is 66.2 Å². The average molecular weight is 354 g/mol. The number of aromatic nitrogens is 1. The molecule has 1 saturated heterocycles. The summed E-state index contributed by atoms with van der Waals surface area (Å²) in [6, 6.07) is 15.3. The molecule has 0 N–H and O–H groups in total. The van der Waals surface area contributed by atoms with E-state index >= 15 is 0 Å². The molecule has 0 saturated carbocycles. The Morgan fingerprint density at radius 2 is 2.04 bits per heavy atom. The SMILES string of the molecule is O=C(c1cc(-c2ccccc2)on1)N1CCSC(c2ccco2)CC1. The first-order chi connectivity index (χ1) is 12.3. The Balaban J connectivity index is 1.45. The van der Waals surface area contributed by atoms with Gasteiger partial charge in [-0.05, 0) is 18.6 Å². The highest BCUT2D eigenvalue weighted by atomic mass is 32.2. The van der Waals surface area contributed by atoms with Gasteiger partial charge < -0.3 is 13.8 Å². The third kappa shape index (κ3) is 3.49. The molecule has 1 aliphatic heterocycles. The van der Waals surface area contributed by atoms with E-state index in [1.165, 1.54) is 0 Å². The second kappa shape index (κ2) is 7.19. The molecule has 3 aromatic rings. The number of nitrogens with zero attached hydrogens (tertiary/aromatic N) is 2. The fourth-order valence-electron chi connectivity index (χ4n) is 2.95. The predicted molar refractivity (Wildman–Crippen MR) is 96.4 cm³/mol. The van der Waals surface area contributed by atoms with Crippen LogP contribution in [0.3, 0.4) is 0 Å². The number of carbonyl (C=O) groups excluding carboxylic acids is 1. The normalized spacial score (nSPS) is 18.1. The molecule has 0 spiro atoms. The van der Waals surface area contributed by atoms with Crippen LogP contribution < -0.4 is 0 Å². The quantitative estimate of drug-likeness (QED) is 0.703.